The first kappa shape index (κ1) is 14.1. The van der Waals surface area contributed by atoms with Gasteiger partial charge in [-0.25, -0.2) is 4.79 Å². The van der Waals surface area contributed by atoms with Gasteiger partial charge in [-0.2, -0.15) is 0 Å². The Kier molecular flexibility index (Phi) is 3.72. The van der Waals surface area contributed by atoms with E-state index in [1.807, 2.05) is 13.0 Å². The molecular formula is C17H20O4. The molecule has 3 rings (SSSR count). The number of unbranched alkanes of at least 4 members (excludes halogenated alkanes) is 1. The lowest BCUT2D eigenvalue weighted by molar-refractivity contribution is 0.115. The van der Waals surface area contributed by atoms with Gasteiger partial charge in [0.15, 0.2) is 0 Å². The zero-order valence-corrected chi connectivity index (χ0v) is 12.4. The molecule has 0 fully saturated rings. The van der Waals surface area contributed by atoms with E-state index in [9.17, 15) is 9.90 Å². The highest BCUT2D eigenvalue weighted by molar-refractivity contribution is 5.86. The lowest BCUT2D eigenvalue weighted by Gasteiger charge is -2.24. The van der Waals surface area contributed by atoms with Gasteiger partial charge in [0, 0.05) is 29.0 Å². The van der Waals surface area contributed by atoms with E-state index in [1.165, 1.54) is 0 Å². The minimum absolute atomic E-state index is 0.326. The highest BCUT2D eigenvalue weighted by Crippen LogP contribution is 2.39. The summed E-state index contributed by atoms with van der Waals surface area (Å²) in [5, 5.41) is 11.1. The number of ether oxygens (including phenoxy) is 1. The molecule has 0 spiro atoms. The third kappa shape index (κ3) is 2.44. The zero-order chi connectivity index (χ0) is 15.0. The molecule has 1 aromatic carbocycles. The summed E-state index contributed by atoms with van der Waals surface area (Å²) in [5.74, 6) is 0.664. The van der Waals surface area contributed by atoms with E-state index < -0.39 is 6.10 Å². The maximum Gasteiger partial charge on any atom is 0.336 e. The summed E-state index contributed by atoms with van der Waals surface area (Å²) in [7, 11) is 0. The summed E-state index contributed by atoms with van der Waals surface area (Å²) >= 11 is 0. The van der Waals surface area contributed by atoms with Gasteiger partial charge in [-0.15, -0.1) is 0 Å². The molecule has 0 bridgehead atoms. The van der Waals surface area contributed by atoms with Crippen LogP contribution in [-0.2, 0) is 6.42 Å². The normalized spacial score (nSPS) is 17.6. The van der Waals surface area contributed by atoms with E-state index in [0.717, 1.165) is 41.3 Å². The van der Waals surface area contributed by atoms with Gasteiger partial charge in [0.25, 0.3) is 0 Å². The average molecular weight is 288 g/mol. The maximum atomic E-state index is 11.8. The lowest BCUT2D eigenvalue weighted by Crippen LogP contribution is -2.15. The lowest BCUT2D eigenvalue weighted by atomic mass is 9.94. The molecular weight excluding hydrogens is 268 g/mol. The zero-order valence-electron chi connectivity index (χ0n) is 12.4. The number of aliphatic hydroxyl groups excluding tert-OH is 1. The second-order valence-corrected chi connectivity index (χ2v) is 5.64. The molecule has 1 atom stereocenters. The SMILES string of the molecule is CCCCc1cc(=O)oc2c(C)c3c(cc12)C(O)CCO3. The first-order valence-corrected chi connectivity index (χ1v) is 7.53. The van der Waals surface area contributed by atoms with Crippen LogP contribution in [0, 0.1) is 6.92 Å². The molecule has 1 aliphatic heterocycles. The van der Waals surface area contributed by atoms with E-state index in [1.54, 1.807) is 6.07 Å². The van der Waals surface area contributed by atoms with Gasteiger partial charge in [0.1, 0.15) is 11.3 Å². The standard InChI is InChI=1S/C17H20O4/c1-3-4-5-11-8-15(19)21-17-10(2)16-13(9-12(11)17)14(18)6-7-20-16/h8-9,14,18H,3-7H2,1-2H3. The Labute approximate surface area is 123 Å². The number of hydrogen-bond donors (Lipinski definition) is 1. The maximum absolute atomic E-state index is 11.8. The molecule has 0 saturated heterocycles. The minimum Gasteiger partial charge on any atom is -0.493 e. The fourth-order valence-electron chi connectivity index (χ4n) is 2.97. The number of aryl methyl sites for hydroxylation is 2. The van der Waals surface area contributed by atoms with Crippen LogP contribution in [0.5, 0.6) is 5.75 Å². The quantitative estimate of drug-likeness (QED) is 0.881. The predicted octanol–water partition coefficient (Wildman–Crippen LogP) is 3.26. The van der Waals surface area contributed by atoms with Gasteiger partial charge in [0.2, 0.25) is 0 Å². The number of fused-ring (bicyclic) bond motifs is 2. The number of benzene rings is 1. The summed E-state index contributed by atoms with van der Waals surface area (Å²) in [5.41, 5.74) is 2.86. The van der Waals surface area contributed by atoms with Crippen LogP contribution in [0.3, 0.4) is 0 Å². The molecule has 4 nitrogen and oxygen atoms in total. The summed E-state index contributed by atoms with van der Waals surface area (Å²) in [6.45, 7) is 4.49. The Morgan fingerprint density at radius 2 is 2.19 bits per heavy atom. The van der Waals surface area contributed by atoms with E-state index in [4.69, 9.17) is 9.15 Å². The average Bonchev–Trinajstić information content (AvgIpc) is 2.47. The van der Waals surface area contributed by atoms with Crippen molar-refractivity contribution in [1.29, 1.82) is 0 Å². The van der Waals surface area contributed by atoms with Crippen molar-refractivity contribution in [3.63, 3.8) is 0 Å². The fraction of sp³-hybridized carbons (Fsp3) is 0.471. The molecule has 1 unspecified atom stereocenters. The number of aliphatic hydroxyl groups is 1. The van der Waals surface area contributed by atoms with Crippen molar-refractivity contribution in [1.82, 2.24) is 0 Å². The van der Waals surface area contributed by atoms with E-state index in [0.29, 0.717) is 24.4 Å². The second-order valence-electron chi connectivity index (χ2n) is 5.64. The van der Waals surface area contributed by atoms with Gasteiger partial charge in [-0.1, -0.05) is 13.3 Å². The summed E-state index contributed by atoms with van der Waals surface area (Å²) < 4.78 is 11.1. The van der Waals surface area contributed by atoms with Crippen molar-refractivity contribution >= 4 is 11.0 Å². The van der Waals surface area contributed by atoms with Crippen molar-refractivity contribution in [2.24, 2.45) is 0 Å². The van der Waals surface area contributed by atoms with Gasteiger partial charge < -0.3 is 14.3 Å². The highest BCUT2D eigenvalue weighted by atomic mass is 16.5. The van der Waals surface area contributed by atoms with Crippen LogP contribution in [0.15, 0.2) is 21.3 Å². The largest absolute Gasteiger partial charge is 0.493 e. The molecule has 1 aliphatic rings. The van der Waals surface area contributed by atoms with Crippen molar-refractivity contribution in [3.05, 3.63) is 39.2 Å². The molecule has 2 heterocycles. The number of rotatable bonds is 3. The van der Waals surface area contributed by atoms with Gasteiger partial charge >= 0.3 is 5.63 Å². The Morgan fingerprint density at radius 3 is 2.95 bits per heavy atom. The first-order valence-electron chi connectivity index (χ1n) is 7.53. The van der Waals surface area contributed by atoms with Crippen molar-refractivity contribution in [2.45, 2.75) is 45.6 Å². The molecule has 4 heteroatoms. The van der Waals surface area contributed by atoms with Crippen LogP contribution in [-0.4, -0.2) is 11.7 Å². The van der Waals surface area contributed by atoms with E-state index in [2.05, 4.69) is 6.92 Å². The van der Waals surface area contributed by atoms with Crippen LogP contribution < -0.4 is 10.4 Å². The summed E-state index contributed by atoms with van der Waals surface area (Å²) in [6.07, 6.45) is 3.01. The highest BCUT2D eigenvalue weighted by Gasteiger charge is 2.24. The monoisotopic (exact) mass is 288 g/mol. The minimum atomic E-state index is -0.511. The molecule has 0 saturated carbocycles. The molecule has 0 aliphatic carbocycles. The van der Waals surface area contributed by atoms with Crippen LogP contribution in [0.4, 0.5) is 0 Å². The van der Waals surface area contributed by atoms with Crippen molar-refractivity contribution < 1.29 is 14.3 Å². The van der Waals surface area contributed by atoms with Crippen LogP contribution >= 0.6 is 0 Å². The van der Waals surface area contributed by atoms with Crippen molar-refractivity contribution in [2.75, 3.05) is 6.61 Å². The molecule has 0 amide bonds. The van der Waals surface area contributed by atoms with Gasteiger partial charge in [-0.05, 0) is 31.4 Å². The predicted molar refractivity (Wildman–Crippen MR) is 80.9 cm³/mol. The summed E-state index contributed by atoms with van der Waals surface area (Å²) in [6, 6.07) is 3.50. The third-order valence-corrected chi connectivity index (χ3v) is 4.12. The molecule has 1 aromatic heterocycles. The Hall–Kier alpha value is -1.81. The van der Waals surface area contributed by atoms with E-state index in [-0.39, 0.29) is 5.63 Å². The van der Waals surface area contributed by atoms with Gasteiger partial charge in [-0.3, -0.25) is 0 Å². The Morgan fingerprint density at radius 1 is 1.38 bits per heavy atom. The summed E-state index contributed by atoms with van der Waals surface area (Å²) in [4.78, 5) is 11.8. The topological polar surface area (TPSA) is 59.7 Å². The Bertz CT molecular complexity index is 730. The molecule has 0 radical (unpaired) electrons. The molecule has 21 heavy (non-hydrogen) atoms. The van der Waals surface area contributed by atoms with Crippen molar-refractivity contribution in [3.8, 4) is 5.75 Å². The third-order valence-electron chi connectivity index (χ3n) is 4.12. The second kappa shape index (κ2) is 5.53. The first-order chi connectivity index (χ1) is 10.1. The van der Waals surface area contributed by atoms with E-state index >= 15 is 0 Å². The van der Waals surface area contributed by atoms with Crippen LogP contribution in [0.25, 0.3) is 11.0 Å². The van der Waals surface area contributed by atoms with Crippen LogP contribution in [0.2, 0.25) is 0 Å². The smallest absolute Gasteiger partial charge is 0.336 e. The fourth-order valence-corrected chi connectivity index (χ4v) is 2.97. The Balaban J connectivity index is 2.27. The number of hydrogen-bond acceptors (Lipinski definition) is 4. The van der Waals surface area contributed by atoms with Crippen LogP contribution in [0.1, 0.15) is 49.0 Å². The molecule has 112 valence electrons. The van der Waals surface area contributed by atoms with Gasteiger partial charge in [0.05, 0.1) is 12.7 Å². The molecule has 1 N–H and O–H groups in total. The molecule has 2 aromatic rings.